The molecule has 154 valence electrons. The first kappa shape index (κ1) is 20.6. The van der Waals surface area contributed by atoms with Crippen molar-refractivity contribution in [2.45, 2.75) is 75.7 Å². The Kier molecular flexibility index (Phi) is 5.65. The van der Waals surface area contributed by atoms with E-state index in [1.165, 1.54) is 6.92 Å². The molecule has 0 saturated heterocycles. The Morgan fingerprint density at radius 2 is 2.04 bits per heavy atom. The highest BCUT2D eigenvalue weighted by molar-refractivity contribution is 5.98. The predicted molar refractivity (Wildman–Crippen MR) is 106 cm³/mol. The van der Waals surface area contributed by atoms with E-state index in [0.29, 0.717) is 24.4 Å². The van der Waals surface area contributed by atoms with E-state index in [4.69, 9.17) is 31.9 Å². The zero-order valence-corrected chi connectivity index (χ0v) is 16.5. The molecule has 2 atom stereocenters. The number of hydrogen-bond donors (Lipinski definition) is 4. The van der Waals surface area contributed by atoms with Crippen LogP contribution in [0.3, 0.4) is 0 Å². The first-order valence-corrected chi connectivity index (χ1v) is 9.68. The summed E-state index contributed by atoms with van der Waals surface area (Å²) in [6, 6.07) is 5.81. The number of carboxylic acids is 1. The maximum Gasteiger partial charge on any atom is 0.341 e. The second kappa shape index (κ2) is 7.69. The van der Waals surface area contributed by atoms with Gasteiger partial charge in [-0.05, 0) is 76.1 Å². The highest BCUT2D eigenvalue weighted by Gasteiger charge is 2.46. The van der Waals surface area contributed by atoms with Crippen molar-refractivity contribution in [2.75, 3.05) is 0 Å². The Morgan fingerprint density at radius 1 is 1.36 bits per heavy atom. The third-order valence-corrected chi connectivity index (χ3v) is 6.00. The van der Waals surface area contributed by atoms with Crippen molar-refractivity contribution < 1.29 is 19.5 Å². The molecule has 0 aromatic heterocycles. The minimum Gasteiger partial charge on any atom is -0.486 e. The molecule has 8 heteroatoms. The van der Waals surface area contributed by atoms with Gasteiger partial charge in [-0.2, -0.15) is 0 Å². The van der Waals surface area contributed by atoms with Crippen LogP contribution in [0, 0.1) is 0 Å². The van der Waals surface area contributed by atoms with Crippen LogP contribution in [0.4, 0.5) is 0 Å². The summed E-state index contributed by atoms with van der Waals surface area (Å²) in [5.74, 6) is 5.20. The molecule has 2 aliphatic rings. The van der Waals surface area contributed by atoms with Gasteiger partial charge in [0.1, 0.15) is 17.7 Å². The van der Waals surface area contributed by atoms with Crippen LogP contribution in [-0.4, -0.2) is 40.2 Å². The normalized spacial score (nSPS) is 30.1. The van der Waals surface area contributed by atoms with Crippen LogP contribution in [0.15, 0.2) is 23.2 Å². The Bertz CT molecular complexity index is 769. The van der Waals surface area contributed by atoms with Gasteiger partial charge in [0.2, 0.25) is 5.60 Å². The first-order valence-electron chi connectivity index (χ1n) is 9.68. The van der Waals surface area contributed by atoms with Crippen LogP contribution in [0.1, 0.15) is 57.1 Å². The van der Waals surface area contributed by atoms with Crippen molar-refractivity contribution in [3.05, 3.63) is 29.3 Å². The summed E-state index contributed by atoms with van der Waals surface area (Å²) in [6.07, 6.45) is 4.21. The highest BCUT2D eigenvalue weighted by atomic mass is 16.7. The summed E-state index contributed by atoms with van der Waals surface area (Å²) in [5.41, 5.74) is 12.5. The summed E-state index contributed by atoms with van der Waals surface area (Å²) in [5, 5.41) is 9.41. The average molecular weight is 390 g/mol. The minimum absolute atomic E-state index is 0.0990. The second-order valence-corrected chi connectivity index (χ2v) is 8.40. The van der Waals surface area contributed by atoms with Crippen LogP contribution in [0.2, 0.25) is 0 Å². The SMILES string of the molecule is CC1(N)CCC(N=C(N)c2ccc3c(c2)CC[C@H]([C@](C)(ON)C(=O)O)O3)CC1. The predicted octanol–water partition coefficient (Wildman–Crippen LogP) is 1.48. The third kappa shape index (κ3) is 4.14. The van der Waals surface area contributed by atoms with Gasteiger partial charge in [-0.1, -0.05) is 0 Å². The van der Waals surface area contributed by atoms with Crippen LogP contribution in [0.5, 0.6) is 5.75 Å². The molecular weight excluding hydrogens is 360 g/mol. The zero-order valence-electron chi connectivity index (χ0n) is 16.5. The van der Waals surface area contributed by atoms with Gasteiger partial charge < -0.3 is 21.3 Å². The number of carboxylic acid groups (broad SMARTS) is 1. The number of benzene rings is 1. The molecule has 8 nitrogen and oxygen atoms in total. The fourth-order valence-corrected chi connectivity index (χ4v) is 3.86. The first-order chi connectivity index (χ1) is 13.1. The van der Waals surface area contributed by atoms with Crippen molar-refractivity contribution in [3.8, 4) is 5.75 Å². The fourth-order valence-electron chi connectivity index (χ4n) is 3.86. The standard InChI is InChI=1S/C20H30N4O4/c1-19(22)9-7-14(8-10-19)24-17(21)13-3-5-15-12(11-13)4-6-16(27-15)20(2,28-23)18(25)26/h3,5,11,14,16H,4,6-10,22-23H2,1-2H3,(H2,21,24)(H,25,26)/t14?,16-,19?,20+/m1/s1. The van der Waals surface area contributed by atoms with Crippen LogP contribution in [0.25, 0.3) is 0 Å². The lowest BCUT2D eigenvalue weighted by molar-refractivity contribution is -0.179. The van der Waals surface area contributed by atoms with Gasteiger partial charge in [0.15, 0.2) is 0 Å². The van der Waals surface area contributed by atoms with E-state index in [-0.39, 0.29) is 11.6 Å². The smallest absolute Gasteiger partial charge is 0.341 e. The molecule has 0 amide bonds. The van der Waals surface area contributed by atoms with Crippen molar-refractivity contribution in [1.29, 1.82) is 0 Å². The number of ether oxygens (including phenoxy) is 1. The van der Waals surface area contributed by atoms with Crippen molar-refractivity contribution >= 4 is 11.8 Å². The second-order valence-electron chi connectivity index (χ2n) is 8.40. The highest BCUT2D eigenvalue weighted by Crippen LogP contribution is 2.34. The van der Waals surface area contributed by atoms with Gasteiger partial charge in [0.25, 0.3) is 0 Å². The number of nitrogens with zero attached hydrogens (tertiary/aromatic N) is 1. The molecule has 1 aliphatic carbocycles. The largest absolute Gasteiger partial charge is 0.486 e. The number of rotatable bonds is 5. The number of fused-ring (bicyclic) bond motifs is 1. The summed E-state index contributed by atoms with van der Waals surface area (Å²) >= 11 is 0. The van der Waals surface area contributed by atoms with Crippen molar-refractivity contribution in [2.24, 2.45) is 22.4 Å². The molecule has 1 aliphatic heterocycles. The molecule has 1 heterocycles. The van der Waals surface area contributed by atoms with Gasteiger partial charge in [-0.3, -0.25) is 9.83 Å². The van der Waals surface area contributed by atoms with E-state index in [0.717, 1.165) is 36.8 Å². The van der Waals surface area contributed by atoms with E-state index in [1.54, 1.807) is 6.07 Å². The number of amidine groups is 1. The van der Waals surface area contributed by atoms with Crippen LogP contribution < -0.4 is 22.1 Å². The lowest BCUT2D eigenvalue weighted by Crippen LogP contribution is -2.54. The maximum absolute atomic E-state index is 11.5. The molecule has 0 radical (unpaired) electrons. The number of hydrogen-bond acceptors (Lipinski definition) is 6. The molecule has 0 spiro atoms. The average Bonchev–Trinajstić information content (AvgIpc) is 2.67. The molecule has 7 N–H and O–H groups in total. The van der Waals surface area contributed by atoms with Crippen LogP contribution >= 0.6 is 0 Å². The van der Waals surface area contributed by atoms with Gasteiger partial charge >= 0.3 is 5.97 Å². The van der Waals surface area contributed by atoms with E-state index in [1.807, 2.05) is 12.1 Å². The van der Waals surface area contributed by atoms with E-state index < -0.39 is 17.7 Å². The molecule has 1 aromatic rings. The number of aryl methyl sites for hydroxylation is 1. The lowest BCUT2D eigenvalue weighted by Gasteiger charge is -2.35. The topological polar surface area (TPSA) is 146 Å². The monoisotopic (exact) mass is 390 g/mol. The zero-order chi connectivity index (χ0) is 20.5. The molecule has 3 rings (SSSR count). The van der Waals surface area contributed by atoms with E-state index >= 15 is 0 Å². The molecule has 1 fully saturated rings. The fraction of sp³-hybridized carbons (Fsp3) is 0.600. The quantitative estimate of drug-likeness (QED) is 0.338. The molecular formula is C20H30N4O4. The summed E-state index contributed by atoms with van der Waals surface area (Å²) in [6.45, 7) is 3.50. The Balaban J connectivity index is 1.73. The lowest BCUT2D eigenvalue weighted by atomic mass is 9.82. The van der Waals surface area contributed by atoms with Crippen LogP contribution in [-0.2, 0) is 16.1 Å². The minimum atomic E-state index is -1.60. The van der Waals surface area contributed by atoms with Gasteiger partial charge in [0.05, 0.1) is 6.04 Å². The Labute approximate surface area is 165 Å². The number of aliphatic carboxylic acids is 1. The molecule has 1 saturated carbocycles. The molecule has 0 unspecified atom stereocenters. The van der Waals surface area contributed by atoms with Crippen molar-refractivity contribution in [3.63, 3.8) is 0 Å². The summed E-state index contributed by atoms with van der Waals surface area (Å²) in [7, 11) is 0. The van der Waals surface area contributed by atoms with Gasteiger partial charge in [-0.15, -0.1) is 0 Å². The molecule has 1 aromatic carbocycles. The van der Waals surface area contributed by atoms with E-state index in [9.17, 15) is 9.90 Å². The number of aliphatic imine (C=N–C) groups is 1. The van der Waals surface area contributed by atoms with Gasteiger partial charge in [-0.25, -0.2) is 10.7 Å². The van der Waals surface area contributed by atoms with Gasteiger partial charge in [0, 0.05) is 11.1 Å². The third-order valence-electron chi connectivity index (χ3n) is 6.00. The Morgan fingerprint density at radius 3 is 2.64 bits per heavy atom. The summed E-state index contributed by atoms with van der Waals surface area (Å²) in [4.78, 5) is 20.9. The molecule has 28 heavy (non-hydrogen) atoms. The Hall–Kier alpha value is -2.16. The number of nitrogens with two attached hydrogens (primary N) is 3. The summed E-state index contributed by atoms with van der Waals surface area (Å²) < 4.78 is 5.88. The number of carbonyl (C=O) groups is 1. The molecule has 0 bridgehead atoms. The van der Waals surface area contributed by atoms with Crippen molar-refractivity contribution in [1.82, 2.24) is 0 Å². The van der Waals surface area contributed by atoms with E-state index in [2.05, 4.69) is 6.92 Å². The maximum atomic E-state index is 11.5.